The first kappa shape index (κ1) is 19.7. The van der Waals surface area contributed by atoms with Crippen molar-refractivity contribution < 1.29 is 9.32 Å². The molecule has 150 valence electrons. The van der Waals surface area contributed by atoms with E-state index in [1.54, 1.807) is 18.2 Å². The molecule has 0 saturated heterocycles. The summed E-state index contributed by atoms with van der Waals surface area (Å²) in [6.07, 6.45) is 0. The molecule has 0 spiro atoms. The Labute approximate surface area is 178 Å². The van der Waals surface area contributed by atoms with E-state index in [9.17, 15) is 4.79 Å². The van der Waals surface area contributed by atoms with Gasteiger partial charge in [-0.1, -0.05) is 41.0 Å². The zero-order chi connectivity index (χ0) is 20.9. The van der Waals surface area contributed by atoms with Gasteiger partial charge >= 0.3 is 0 Å². The predicted molar refractivity (Wildman–Crippen MR) is 118 cm³/mol. The highest BCUT2D eigenvalue weighted by Gasteiger charge is 2.11. The number of benzene rings is 3. The van der Waals surface area contributed by atoms with Crippen molar-refractivity contribution in [3.05, 3.63) is 94.8 Å². The predicted octanol–water partition coefficient (Wildman–Crippen LogP) is 5.56. The molecule has 0 bridgehead atoms. The van der Waals surface area contributed by atoms with Crippen molar-refractivity contribution in [2.45, 2.75) is 13.5 Å². The molecule has 2 N–H and O–H groups in total. The minimum atomic E-state index is -0.174. The van der Waals surface area contributed by atoms with Gasteiger partial charge in [-0.25, -0.2) is 0 Å². The number of amides is 1. The number of nitrogens with zero attached hydrogens (tertiary/aromatic N) is 2. The number of para-hydroxylation sites is 1. The average Bonchev–Trinajstić information content (AvgIpc) is 3.23. The molecule has 1 heterocycles. The second-order valence-corrected chi connectivity index (χ2v) is 7.16. The highest BCUT2D eigenvalue weighted by Crippen LogP contribution is 2.21. The lowest BCUT2D eigenvalue weighted by molar-refractivity contribution is 0.102. The van der Waals surface area contributed by atoms with Crippen LogP contribution in [0.3, 0.4) is 0 Å². The summed E-state index contributed by atoms with van der Waals surface area (Å²) in [5, 5.41) is 10.8. The van der Waals surface area contributed by atoms with E-state index in [0.29, 0.717) is 28.8 Å². The number of carbonyl (C=O) groups is 1. The fraction of sp³-hybridized carbons (Fsp3) is 0.0870. The molecule has 1 amide bonds. The molecule has 4 rings (SSSR count). The van der Waals surface area contributed by atoms with Gasteiger partial charge in [0, 0.05) is 27.5 Å². The Hall–Kier alpha value is -3.64. The molecular formula is C23H19ClN4O2. The van der Waals surface area contributed by atoms with Crippen LogP contribution in [0.1, 0.15) is 21.8 Å². The molecule has 3 aromatic carbocycles. The summed E-state index contributed by atoms with van der Waals surface area (Å²) in [5.74, 6) is 0.765. The molecule has 0 aliphatic heterocycles. The van der Waals surface area contributed by atoms with Gasteiger partial charge in [0.15, 0.2) is 0 Å². The van der Waals surface area contributed by atoms with Crippen LogP contribution in [0.25, 0.3) is 11.4 Å². The Bertz CT molecular complexity index is 1160. The van der Waals surface area contributed by atoms with Gasteiger partial charge < -0.3 is 15.2 Å². The number of nitrogens with one attached hydrogen (secondary N) is 2. The van der Waals surface area contributed by atoms with Crippen LogP contribution in [0.4, 0.5) is 11.4 Å². The van der Waals surface area contributed by atoms with Gasteiger partial charge in [-0.15, -0.1) is 0 Å². The second-order valence-electron chi connectivity index (χ2n) is 6.72. The number of halogens is 1. The lowest BCUT2D eigenvalue weighted by atomic mass is 10.1. The second kappa shape index (κ2) is 8.80. The molecule has 30 heavy (non-hydrogen) atoms. The van der Waals surface area contributed by atoms with Gasteiger partial charge in [0.05, 0.1) is 6.54 Å². The molecule has 0 aliphatic rings. The Balaban J connectivity index is 1.44. The van der Waals surface area contributed by atoms with E-state index < -0.39 is 0 Å². The molecule has 6 nitrogen and oxygen atoms in total. The first-order valence-electron chi connectivity index (χ1n) is 9.38. The third kappa shape index (κ3) is 4.67. The topological polar surface area (TPSA) is 80.0 Å². The van der Waals surface area contributed by atoms with E-state index in [0.717, 1.165) is 22.5 Å². The minimum absolute atomic E-state index is 0.174. The van der Waals surface area contributed by atoms with Crippen molar-refractivity contribution in [3.63, 3.8) is 0 Å². The smallest absolute Gasteiger partial charge is 0.255 e. The third-order valence-corrected chi connectivity index (χ3v) is 4.78. The molecule has 0 fully saturated rings. The normalized spacial score (nSPS) is 10.6. The first-order chi connectivity index (χ1) is 14.6. The molecule has 0 aliphatic carbocycles. The lowest BCUT2D eigenvalue weighted by Gasteiger charge is -2.10. The third-order valence-electron chi connectivity index (χ3n) is 4.53. The Morgan fingerprint density at radius 3 is 2.57 bits per heavy atom. The molecule has 0 saturated carbocycles. The van der Waals surface area contributed by atoms with Crippen LogP contribution in [-0.4, -0.2) is 16.0 Å². The van der Waals surface area contributed by atoms with Gasteiger partial charge in [-0.3, -0.25) is 4.79 Å². The van der Waals surface area contributed by atoms with Crippen LogP contribution in [0.5, 0.6) is 0 Å². The van der Waals surface area contributed by atoms with Gasteiger partial charge in [0.25, 0.3) is 5.91 Å². The van der Waals surface area contributed by atoms with E-state index in [1.807, 2.05) is 61.5 Å². The summed E-state index contributed by atoms with van der Waals surface area (Å²) >= 11 is 5.91. The Kier molecular flexibility index (Phi) is 5.77. The summed E-state index contributed by atoms with van der Waals surface area (Å²) < 4.78 is 5.33. The van der Waals surface area contributed by atoms with Gasteiger partial charge in [0.2, 0.25) is 11.7 Å². The molecule has 0 unspecified atom stereocenters. The SMILES string of the molecule is Cc1ccc(C(=O)Nc2ccccc2)cc1NCc1nc(-c2ccc(Cl)cc2)no1. The van der Waals surface area contributed by atoms with Crippen molar-refractivity contribution in [1.29, 1.82) is 0 Å². The van der Waals surface area contributed by atoms with E-state index in [4.69, 9.17) is 16.1 Å². The van der Waals surface area contributed by atoms with Crippen molar-refractivity contribution >= 4 is 28.9 Å². The van der Waals surface area contributed by atoms with Crippen molar-refractivity contribution in [2.24, 2.45) is 0 Å². The summed E-state index contributed by atoms with van der Waals surface area (Å²) in [6.45, 7) is 2.30. The summed E-state index contributed by atoms with van der Waals surface area (Å²) in [6, 6.07) is 22.1. The zero-order valence-electron chi connectivity index (χ0n) is 16.2. The molecule has 1 aromatic heterocycles. The summed E-state index contributed by atoms with van der Waals surface area (Å²) in [5.41, 5.74) is 3.95. The standard InChI is InChI=1S/C23H19ClN4O2/c1-15-7-8-17(23(29)26-19-5-3-2-4-6-19)13-20(15)25-14-21-27-22(28-30-21)16-9-11-18(24)12-10-16/h2-13,25H,14H2,1H3,(H,26,29). The number of carbonyl (C=O) groups excluding carboxylic acids is 1. The summed E-state index contributed by atoms with van der Waals surface area (Å²) in [4.78, 5) is 17.0. The van der Waals surface area contributed by atoms with Crippen LogP contribution in [0.15, 0.2) is 77.3 Å². The van der Waals surface area contributed by atoms with Crippen LogP contribution >= 0.6 is 11.6 Å². The zero-order valence-corrected chi connectivity index (χ0v) is 17.0. The van der Waals surface area contributed by atoms with Gasteiger partial charge in [-0.05, 0) is 61.0 Å². The maximum atomic E-state index is 12.5. The molecule has 4 aromatic rings. The molecule has 0 radical (unpaired) electrons. The Morgan fingerprint density at radius 2 is 1.80 bits per heavy atom. The highest BCUT2D eigenvalue weighted by atomic mass is 35.5. The van der Waals surface area contributed by atoms with E-state index >= 15 is 0 Å². The Morgan fingerprint density at radius 1 is 1.03 bits per heavy atom. The molecular weight excluding hydrogens is 400 g/mol. The van der Waals surface area contributed by atoms with Crippen LogP contribution in [0.2, 0.25) is 5.02 Å². The minimum Gasteiger partial charge on any atom is -0.376 e. The number of aryl methyl sites for hydroxylation is 1. The first-order valence-corrected chi connectivity index (χ1v) is 9.76. The molecule has 7 heteroatoms. The van der Waals surface area contributed by atoms with Crippen LogP contribution < -0.4 is 10.6 Å². The van der Waals surface area contributed by atoms with E-state index in [-0.39, 0.29) is 5.91 Å². The van der Waals surface area contributed by atoms with Crippen LogP contribution in [-0.2, 0) is 6.54 Å². The fourth-order valence-corrected chi connectivity index (χ4v) is 3.02. The number of rotatable bonds is 6. The maximum Gasteiger partial charge on any atom is 0.255 e. The number of aromatic nitrogens is 2. The average molecular weight is 419 g/mol. The van der Waals surface area contributed by atoms with Crippen molar-refractivity contribution in [2.75, 3.05) is 10.6 Å². The fourth-order valence-electron chi connectivity index (χ4n) is 2.89. The van der Waals surface area contributed by atoms with Gasteiger partial charge in [0.1, 0.15) is 0 Å². The maximum absolute atomic E-state index is 12.5. The molecule has 0 atom stereocenters. The van der Waals surface area contributed by atoms with Crippen LogP contribution in [0, 0.1) is 6.92 Å². The number of hydrogen-bond donors (Lipinski definition) is 2. The lowest BCUT2D eigenvalue weighted by Crippen LogP contribution is -2.12. The quantitative estimate of drug-likeness (QED) is 0.428. The van der Waals surface area contributed by atoms with Crippen molar-refractivity contribution in [1.82, 2.24) is 10.1 Å². The van der Waals surface area contributed by atoms with E-state index in [2.05, 4.69) is 20.8 Å². The van der Waals surface area contributed by atoms with E-state index in [1.165, 1.54) is 0 Å². The van der Waals surface area contributed by atoms with Crippen molar-refractivity contribution in [3.8, 4) is 11.4 Å². The largest absolute Gasteiger partial charge is 0.376 e. The van der Waals surface area contributed by atoms with Gasteiger partial charge in [-0.2, -0.15) is 4.98 Å². The summed E-state index contributed by atoms with van der Waals surface area (Å²) in [7, 11) is 0. The monoisotopic (exact) mass is 418 g/mol. The number of anilines is 2. The highest BCUT2D eigenvalue weighted by molar-refractivity contribution is 6.30. The number of hydrogen-bond acceptors (Lipinski definition) is 5.